The van der Waals surface area contributed by atoms with Gasteiger partial charge >= 0.3 is 0 Å². The number of benzene rings is 1. The van der Waals surface area contributed by atoms with Crippen molar-refractivity contribution in [2.45, 2.75) is 32.7 Å². The van der Waals surface area contributed by atoms with Crippen molar-refractivity contribution in [1.29, 1.82) is 0 Å². The molecule has 1 heterocycles. The lowest BCUT2D eigenvalue weighted by atomic mass is 10.0. The average molecular weight is 260 g/mol. The summed E-state index contributed by atoms with van der Waals surface area (Å²) < 4.78 is 0. The fraction of sp³-hybridized carbons (Fsp3) is 0.562. The van der Waals surface area contributed by atoms with E-state index in [1.165, 1.54) is 12.0 Å². The van der Waals surface area contributed by atoms with Gasteiger partial charge in [0.25, 0.3) is 0 Å². The highest BCUT2D eigenvalue weighted by Gasteiger charge is 2.27. The zero-order chi connectivity index (χ0) is 13.7. The van der Waals surface area contributed by atoms with Gasteiger partial charge in [-0.25, -0.2) is 0 Å². The topological polar surface area (TPSA) is 32.3 Å². The van der Waals surface area contributed by atoms with Gasteiger partial charge in [-0.1, -0.05) is 44.2 Å². The molecule has 2 rings (SSSR count). The van der Waals surface area contributed by atoms with Gasteiger partial charge in [-0.15, -0.1) is 0 Å². The standard InChI is InChI=1S/C16H24N2O/c1-13(2)11-17-16(19)12-18-10-6-9-15(18)14-7-4-3-5-8-14/h3-5,7-8,13,15H,6,9-12H2,1-2H3,(H,17,19). The number of hydrogen-bond donors (Lipinski definition) is 1. The molecule has 0 saturated carbocycles. The summed E-state index contributed by atoms with van der Waals surface area (Å²) in [6, 6.07) is 10.9. The first-order chi connectivity index (χ1) is 9.16. The Morgan fingerprint density at radius 1 is 1.37 bits per heavy atom. The number of amides is 1. The molecule has 1 aliphatic rings. The highest BCUT2D eigenvalue weighted by molar-refractivity contribution is 5.78. The molecule has 1 saturated heterocycles. The number of likely N-dealkylation sites (tertiary alicyclic amines) is 1. The molecule has 104 valence electrons. The predicted octanol–water partition coefficient (Wildman–Crippen LogP) is 2.60. The van der Waals surface area contributed by atoms with Crippen LogP contribution in [0.25, 0.3) is 0 Å². The van der Waals surface area contributed by atoms with Crippen LogP contribution in [0.3, 0.4) is 0 Å². The maximum atomic E-state index is 11.9. The Labute approximate surface area is 116 Å². The lowest BCUT2D eigenvalue weighted by molar-refractivity contribution is -0.122. The first-order valence-electron chi connectivity index (χ1n) is 7.22. The van der Waals surface area contributed by atoms with Crippen molar-refractivity contribution in [3.8, 4) is 0 Å². The summed E-state index contributed by atoms with van der Waals surface area (Å²) in [7, 11) is 0. The molecule has 3 heteroatoms. The lowest BCUT2D eigenvalue weighted by Crippen LogP contribution is -2.38. The van der Waals surface area contributed by atoms with Gasteiger partial charge in [0.05, 0.1) is 6.54 Å². The largest absolute Gasteiger partial charge is 0.355 e. The van der Waals surface area contributed by atoms with Crippen molar-refractivity contribution in [3.05, 3.63) is 35.9 Å². The number of nitrogens with zero attached hydrogens (tertiary/aromatic N) is 1. The zero-order valence-corrected chi connectivity index (χ0v) is 11.9. The molecule has 1 fully saturated rings. The fourth-order valence-electron chi connectivity index (χ4n) is 2.63. The second kappa shape index (κ2) is 6.71. The lowest BCUT2D eigenvalue weighted by Gasteiger charge is -2.24. The van der Waals surface area contributed by atoms with Gasteiger partial charge in [-0.3, -0.25) is 9.69 Å². The first-order valence-corrected chi connectivity index (χ1v) is 7.22. The Hall–Kier alpha value is -1.35. The molecule has 1 atom stereocenters. The molecule has 0 radical (unpaired) electrons. The van der Waals surface area contributed by atoms with Crippen LogP contribution in [-0.2, 0) is 4.79 Å². The van der Waals surface area contributed by atoms with E-state index in [0.717, 1.165) is 19.5 Å². The number of nitrogens with one attached hydrogen (secondary N) is 1. The number of carbonyl (C=O) groups is 1. The molecular formula is C16H24N2O. The van der Waals surface area contributed by atoms with Crippen LogP contribution in [0.15, 0.2) is 30.3 Å². The minimum Gasteiger partial charge on any atom is -0.355 e. The third-order valence-corrected chi connectivity index (χ3v) is 3.60. The van der Waals surface area contributed by atoms with Gasteiger partial charge in [0, 0.05) is 12.6 Å². The average Bonchev–Trinajstić information content (AvgIpc) is 2.85. The maximum Gasteiger partial charge on any atom is 0.234 e. The molecule has 3 nitrogen and oxygen atoms in total. The zero-order valence-electron chi connectivity index (χ0n) is 11.9. The third kappa shape index (κ3) is 4.06. The quantitative estimate of drug-likeness (QED) is 0.882. The van der Waals surface area contributed by atoms with Crippen LogP contribution >= 0.6 is 0 Å². The smallest absolute Gasteiger partial charge is 0.234 e. The minimum atomic E-state index is 0.150. The van der Waals surface area contributed by atoms with Crippen LogP contribution in [-0.4, -0.2) is 30.4 Å². The molecular weight excluding hydrogens is 236 g/mol. The van der Waals surface area contributed by atoms with E-state index in [-0.39, 0.29) is 5.91 Å². The molecule has 0 spiro atoms. The van der Waals surface area contributed by atoms with Gasteiger partial charge in [0.2, 0.25) is 5.91 Å². The molecule has 0 aliphatic carbocycles. The SMILES string of the molecule is CC(C)CNC(=O)CN1CCCC1c1ccccc1. The number of rotatable bonds is 5. The Kier molecular flexibility index (Phi) is 4.97. The Bertz CT molecular complexity index is 402. The van der Waals surface area contributed by atoms with Crippen molar-refractivity contribution in [2.75, 3.05) is 19.6 Å². The summed E-state index contributed by atoms with van der Waals surface area (Å²) >= 11 is 0. The monoisotopic (exact) mass is 260 g/mol. The van der Waals surface area contributed by atoms with E-state index in [4.69, 9.17) is 0 Å². The van der Waals surface area contributed by atoms with E-state index < -0.39 is 0 Å². The molecule has 1 amide bonds. The third-order valence-electron chi connectivity index (χ3n) is 3.60. The van der Waals surface area contributed by atoms with Crippen LogP contribution in [0.2, 0.25) is 0 Å². The Morgan fingerprint density at radius 2 is 2.11 bits per heavy atom. The first kappa shape index (κ1) is 14.1. The van der Waals surface area contributed by atoms with Crippen LogP contribution in [0, 0.1) is 5.92 Å². The molecule has 1 aromatic rings. The molecule has 1 N–H and O–H groups in total. The summed E-state index contributed by atoms with van der Waals surface area (Å²) in [4.78, 5) is 14.2. The van der Waals surface area contributed by atoms with Gasteiger partial charge in [-0.05, 0) is 30.9 Å². The summed E-state index contributed by atoms with van der Waals surface area (Å²) in [6.45, 7) is 6.54. The summed E-state index contributed by atoms with van der Waals surface area (Å²) in [5.74, 6) is 0.656. The van der Waals surface area contributed by atoms with E-state index in [1.807, 2.05) is 6.07 Å². The van der Waals surface area contributed by atoms with E-state index in [0.29, 0.717) is 18.5 Å². The highest BCUT2D eigenvalue weighted by atomic mass is 16.2. The predicted molar refractivity (Wildman–Crippen MR) is 77.8 cm³/mol. The van der Waals surface area contributed by atoms with Gasteiger partial charge in [-0.2, -0.15) is 0 Å². The van der Waals surface area contributed by atoms with E-state index in [2.05, 4.69) is 48.3 Å². The van der Waals surface area contributed by atoms with Gasteiger partial charge < -0.3 is 5.32 Å². The molecule has 19 heavy (non-hydrogen) atoms. The van der Waals surface area contributed by atoms with E-state index >= 15 is 0 Å². The maximum absolute atomic E-state index is 11.9. The molecule has 1 aliphatic heterocycles. The van der Waals surface area contributed by atoms with Crippen molar-refractivity contribution >= 4 is 5.91 Å². The van der Waals surface area contributed by atoms with Crippen molar-refractivity contribution in [2.24, 2.45) is 5.92 Å². The van der Waals surface area contributed by atoms with Gasteiger partial charge in [0.15, 0.2) is 0 Å². The second-order valence-electron chi connectivity index (χ2n) is 5.74. The minimum absolute atomic E-state index is 0.150. The summed E-state index contributed by atoms with van der Waals surface area (Å²) in [6.07, 6.45) is 2.33. The number of carbonyl (C=O) groups excluding carboxylic acids is 1. The van der Waals surface area contributed by atoms with Gasteiger partial charge in [0.1, 0.15) is 0 Å². The molecule has 1 aromatic carbocycles. The van der Waals surface area contributed by atoms with Crippen LogP contribution in [0.1, 0.15) is 38.3 Å². The van der Waals surface area contributed by atoms with E-state index in [9.17, 15) is 4.79 Å². The fourth-order valence-corrected chi connectivity index (χ4v) is 2.63. The van der Waals surface area contributed by atoms with Crippen molar-refractivity contribution in [3.63, 3.8) is 0 Å². The summed E-state index contributed by atoms with van der Waals surface area (Å²) in [5, 5.41) is 3.00. The van der Waals surface area contributed by atoms with Crippen molar-refractivity contribution in [1.82, 2.24) is 10.2 Å². The van der Waals surface area contributed by atoms with Crippen molar-refractivity contribution < 1.29 is 4.79 Å². The molecule has 1 unspecified atom stereocenters. The molecule has 0 bridgehead atoms. The number of hydrogen-bond acceptors (Lipinski definition) is 2. The van der Waals surface area contributed by atoms with Crippen LogP contribution < -0.4 is 5.32 Å². The van der Waals surface area contributed by atoms with Crippen LogP contribution in [0.5, 0.6) is 0 Å². The Morgan fingerprint density at radius 3 is 2.79 bits per heavy atom. The second-order valence-corrected chi connectivity index (χ2v) is 5.74. The normalized spacial score (nSPS) is 19.8. The summed E-state index contributed by atoms with van der Waals surface area (Å²) in [5.41, 5.74) is 1.33. The highest BCUT2D eigenvalue weighted by Crippen LogP contribution is 2.31. The van der Waals surface area contributed by atoms with Crippen LogP contribution in [0.4, 0.5) is 0 Å². The molecule has 0 aromatic heterocycles. The Balaban J connectivity index is 1.91. The van der Waals surface area contributed by atoms with E-state index in [1.54, 1.807) is 0 Å².